The van der Waals surface area contributed by atoms with E-state index in [4.69, 9.17) is 15.0 Å². The molecule has 2 heterocycles. The van der Waals surface area contributed by atoms with E-state index in [0.717, 1.165) is 16.7 Å². The maximum Gasteiger partial charge on any atom is 0.258 e. The summed E-state index contributed by atoms with van der Waals surface area (Å²) in [4.78, 5) is 18.6. The zero-order valence-corrected chi connectivity index (χ0v) is 18.5. The van der Waals surface area contributed by atoms with Gasteiger partial charge >= 0.3 is 0 Å². The molecule has 0 radical (unpaired) electrons. The van der Waals surface area contributed by atoms with Crippen LogP contribution in [0, 0.1) is 11.3 Å². The molecule has 1 aromatic heterocycles. The third-order valence-electron chi connectivity index (χ3n) is 5.47. The monoisotopic (exact) mass is 447 g/mol. The molecule has 3 aromatic rings. The largest absolute Gasteiger partial charge is 0.490 e. The Morgan fingerprint density at radius 3 is 2.91 bits per heavy atom. The number of nitrogens with two attached hydrogens (primary N) is 1. The molecule has 0 fully saturated rings. The molecule has 1 atom stereocenters. The molecule has 1 aliphatic rings. The molecule has 170 valence electrons. The third-order valence-corrected chi connectivity index (χ3v) is 5.47. The quantitative estimate of drug-likeness (QED) is 0.587. The number of nitriles is 1. The van der Waals surface area contributed by atoms with Crippen LogP contribution in [0.1, 0.15) is 30.5 Å². The van der Waals surface area contributed by atoms with Crippen molar-refractivity contribution < 1.29 is 19.2 Å². The van der Waals surface area contributed by atoms with Crippen LogP contribution in [-0.4, -0.2) is 51.4 Å². The summed E-state index contributed by atoms with van der Waals surface area (Å²) >= 11 is 0. The van der Waals surface area contributed by atoms with Crippen molar-refractivity contribution in [2.24, 2.45) is 5.73 Å². The SMILES string of the molecule is CC(C)Oc1ccc(-c2nc(-c3cccc4c3CCN(C(=O)[C@H](N)CO)C4)no2)cc1C#N. The van der Waals surface area contributed by atoms with Gasteiger partial charge in [0.1, 0.15) is 17.9 Å². The first-order chi connectivity index (χ1) is 15.9. The van der Waals surface area contributed by atoms with Gasteiger partial charge in [0.25, 0.3) is 5.89 Å². The van der Waals surface area contributed by atoms with Gasteiger partial charge in [0.15, 0.2) is 0 Å². The van der Waals surface area contributed by atoms with Crippen LogP contribution < -0.4 is 10.5 Å². The van der Waals surface area contributed by atoms with Crippen molar-refractivity contribution in [3.8, 4) is 34.7 Å². The third kappa shape index (κ3) is 4.58. The molecule has 4 rings (SSSR count). The minimum absolute atomic E-state index is 0.0483. The Morgan fingerprint density at radius 1 is 1.36 bits per heavy atom. The van der Waals surface area contributed by atoms with Gasteiger partial charge in [-0.05, 0) is 49.6 Å². The zero-order chi connectivity index (χ0) is 23.5. The van der Waals surface area contributed by atoms with Gasteiger partial charge in [-0.25, -0.2) is 0 Å². The average Bonchev–Trinajstić information content (AvgIpc) is 3.32. The van der Waals surface area contributed by atoms with E-state index in [2.05, 4.69) is 16.2 Å². The molecule has 2 aromatic carbocycles. The smallest absolute Gasteiger partial charge is 0.258 e. The second-order valence-corrected chi connectivity index (χ2v) is 8.15. The van der Waals surface area contributed by atoms with Crippen LogP contribution in [-0.2, 0) is 17.8 Å². The summed E-state index contributed by atoms with van der Waals surface area (Å²) in [6.45, 7) is 4.31. The van der Waals surface area contributed by atoms with Crippen LogP contribution in [0.15, 0.2) is 40.9 Å². The molecule has 33 heavy (non-hydrogen) atoms. The van der Waals surface area contributed by atoms with Gasteiger partial charge in [-0.15, -0.1) is 0 Å². The van der Waals surface area contributed by atoms with Crippen molar-refractivity contribution in [2.75, 3.05) is 13.2 Å². The van der Waals surface area contributed by atoms with Crippen LogP contribution in [0.5, 0.6) is 5.75 Å². The molecule has 0 saturated carbocycles. The number of carbonyl (C=O) groups excluding carboxylic acids is 1. The van der Waals surface area contributed by atoms with Crippen molar-refractivity contribution >= 4 is 5.91 Å². The number of aliphatic hydroxyl groups excluding tert-OH is 1. The lowest BCUT2D eigenvalue weighted by Crippen LogP contribution is -2.47. The van der Waals surface area contributed by atoms with E-state index < -0.39 is 6.04 Å². The second kappa shape index (κ2) is 9.40. The van der Waals surface area contributed by atoms with E-state index in [0.29, 0.717) is 48.1 Å². The lowest BCUT2D eigenvalue weighted by molar-refractivity contribution is -0.134. The predicted octanol–water partition coefficient (Wildman–Crippen LogP) is 2.27. The molecular formula is C24H25N5O4. The Kier molecular flexibility index (Phi) is 6.40. The van der Waals surface area contributed by atoms with E-state index >= 15 is 0 Å². The summed E-state index contributed by atoms with van der Waals surface area (Å²) in [5.74, 6) is 0.980. The number of hydrogen-bond donors (Lipinski definition) is 2. The van der Waals surface area contributed by atoms with Gasteiger partial charge in [-0.3, -0.25) is 4.79 Å². The summed E-state index contributed by atoms with van der Waals surface area (Å²) in [7, 11) is 0. The minimum Gasteiger partial charge on any atom is -0.490 e. The molecule has 9 nitrogen and oxygen atoms in total. The van der Waals surface area contributed by atoms with Gasteiger partial charge in [0.05, 0.1) is 18.3 Å². The van der Waals surface area contributed by atoms with E-state index in [1.807, 2.05) is 32.0 Å². The van der Waals surface area contributed by atoms with Gasteiger partial charge < -0.3 is 25.0 Å². The molecule has 1 amide bonds. The molecule has 0 unspecified atom stereocenters. The molecule has 1 aliphatic heterocycles. The summed E-state index contributed by atoms with van der Waals surface area (Å²) in [5, 5.41) is 22.8. The summed E-state index contributed by atoms with van der Waals surface area (Å²) in [6, 6.07) is 12.2. The number of hydrogen-bond acceptors (Lipinski definition) is 8. The Balaban J connectivity index is 1.61. The number of rotatable bonds is 6. The first-order valence-electron chi connectivity index (χ1n) is 10.7. The zero-order valence-electron chi connectivity index (χ0n) is 18.5. The number of amides is 1. The summed E-state index contributed by atoms with van der Waals surface area (Å²) in [5.41, 5.74) is 9.57. The minimum atomic E-state index is -0.912. The standard InChI is InChI=1S/C24H25N5O4/c1-14(2)32-21-7-6-15(10-17(21)11-25)23-27-22(28-33-23)19-5-3-4-16-12-29(9-8-18(16)19)24(31)20(26)13-30/h3-7,10,14,20,30H,8-9,12-13,26H2,1-2H3/t20-/m1/s1. The summed E-state index contributed by atoms with van der Waals surface area (Å²) in [6.07, 6.45) is 0.562. The van der Waals surface area contributed by atoms with Gasteiger partial charge in [-0.1, -0.05) is 23.4 Å². The Labute approximate surface area is 191 Å². The molecule has 9 heteroatoms. The number of carbonyl (C=O) groups is 1. The van der Waals surface area contributed by atoms with Crippen molar-refractivity contribution in [2.45, 2.75) is 39.0 Å². The Morgan fingerprint density at radius 2 is 2.18 bits per heavy atom. The fourth-order valence-electron chi connectivity index (χ4n) is 3.88. The van der Waals surface area contributed by atoms with Crippen molar-refractivity contribution in [1.29, 1.82) is 5.26 Å². The van der Waals surface area contributed by atoms with E-state index in [9.17, 15) is 15.2 Å². The highest BCUT2D eigenvalue weighted by Gasteiger charge is 2.27. The summed E-state index contributed by atoms with van der Waals surface area (Å²) < 4.78 is 11.2. The maximum absolute atomic E-state index is 12.4. The highest BCUT2D eigenvalue weighted by Crippen LogP contribution is 2.31. The van der Waals surface area contributed by atoms with Gasteiger partial charge in [0, 0.05) is 24.2 Å². The van der Waals surface area contributed by atoms with Gasteiger partial charge in [-0.2, -0.15) is 10.2 Å². The fraction of sp³-hybridized carbons (Fsp3) is 0.333. The normalized spacial score (nSPS) is 14.0. The topological polar surface area (TPSA) is 138 Å². The molecule has 0 saturated heterocycles. The first-order valence-corrected chi connectivity index (χ1v) is 10.7. The van der Waals surface area contributed by atoms with Crippen LogP contribution in [0.4, 0.5) is 0 Å². The number of benzene rings is 2. The lowest BCUT2D eigenvalue weighted by atomic mass is 9.94. The molecule has 0 aliphatic carbocycles. The predicted molar refractivity (Wildman–Crippen MR) is 120 cm³/mol. The number of nitrogens with zero attached hydrogens (tertiary/aromatic N) is 4. The van der Waals surface area contributed by atoms with Crippen LogP contribution in [0.25, 0.3) is 22.8 Å². The van der Waals surface area contributed by atoms with E-state index in [1.165, 1.54) is 0 Å². The van der Waals surface area contributed by atoms with Crippen molar-refractivity contribution in [3.63, 3.8) is 0 Å². The number of aliphatic hydroxyl groups is 1. The fourth-order valence-corrected chi connectivity index (χ4v) is 3.88. The van der Waals surface area contributed by atoms with E-state index in [1.54, 1.807) is 23.1 Å². The molecule has 0 bridgehead atoms. The lowest BCUT2D eigenvalue weighted by Gasteiger charge is -2.31. The highest BCUT2D eigenvalue weighted by molar-refractivity contribution is 5.82. The van der Waals surface area contributed by atoms with Gasteiger partial charge in [0.2, 0.25) is 11.7 Å². The molecule has 0 spiro atoms. The number of fused-ring (bicyclic) bond motifs is 1. The van der Waals surface area contributed by atoms with Crippen LogP contribution in [0.2, 0.25) is 0 Å². The molecular weight excluding hydrogens is 422 g/mol. The van der Waals surface area contributed by atoms with E-state index in [-0.39, 0.29) is 18.6 Å². The van der Waals surface area contributed by atoms with Crippen molar-refractivity contribution in [3.05, 3.63) is 53.1 Å². The average molecular weight is 447 g/mol. The van der Waals surface area contributed by atoms with Crippen molar-refractivity contribution in [1.82, 2.24) is 15.0 Å². The highest BCUT2D eigenvalue weighted by atomic mass is 16.5. The first kappa shape index (κ1) is 22.5. The van der Waals surface area contributed by atoms with Crippen LogP contribution in [0.3, 0.4) is 0 Å². The maximum atomic E-state index is 12.4. The Hall–Kier alpha value is -3.74. The number of aromatic nitrogens is 2. The Bertz CT molecular complexity index is 1210. The second-order valence-electron chi connectivity index (χ2n) is 8.15. The van der Waals surface area contributed by atoms with Crippen LogP contribution >= 0.6 is 0 Å². The number of ether oxygens (including phenoxy) is 1. The molecule has 3 N–H and O–H groups in total.